The second kappa shape index (κ2) is 2.99. The largest absolute Gasteiger partial charge is 0.299 e. The smallest absolute Gasteiger partial charge is 0.166 e. The predicted octanol–water partition coefficient (Wildman–Crippen LogP) is 1.50. The zero-order valence-corrected chi connectivity index (χ0v) is 6.89. The fraction of sp³-hybridized carbons (Fsp3) is 0.556. The van der Waals surface area contributed by atoms with E-state index in [9.17, 15) is 9.59 Å². The molecule has 0 aromatic carbocycles. The van der Waals surface area contributed by atoms with Crippen molar-refractivity contribution in [2.24, 2.45) is 5.92 Å². The molecule has 1 aliphatic rings. The Balaban J connectivity index is 2.76. The van der Waals surface area contributed by atoms with Crippen molar-refractivity contribution in [3.8, 4) is 0 Å². The summed E-state index contributed by atoms with van der Waals surface area (Å²) >= 11 is 0. The minimum atomic E-state index is -0.348. The lowest BCUT2D eigenvalue weighted by atomic mass is 9.87. The fourth-order valence-corrected chi connectivity index (χ4v) is 1.33. The van der Waals surface area contributed by atoms with Crippen LogP contribution in [0.15, 0.2) is 11.6 Å². The minimum absolute atomic E-state index is 0.00116. The highest BCUT2D eigenvalue weighted by Gasteiger charge is 2.24. The molecule has 0 aromatic rings. The summed E-state index contributed by atoms with van der Waals surface area (Å²) in [5.74, 6) is -0.362. The van der Waals surface area contributed by atoms with E-state index in [0.717, 1.165) is 12.0 Å². The average molecular weight is 152 g/mol. The first kappa shape index (κ1) is 8.18. The molecule has 0 N–H and O–H groups in total. The van der Waals surface area contributed by atoms with E-state index in [2.05, 4.69) is 0 Å². The van der Waals surface area contributed by atoms with Gasteiger partial charge < -0.3 is 0 Å². The van der Waals surface area contributed by atoms with Gasteiger partial charge in [-0.05, 0) is 32.8 Å². The molecule has 2 nitrogen and oxygen atoms in total. The van der Waals surface area contributed by atoms with Crippen molar-refractivity contribution in [3.05, 3.63) is 11.6 Å². The van der Waals surface area contributed by atoms with Gasteiger partial charge in [0.1, 0.15) is 5.78 Å². The molecule has 0 aliphatic heterocycles. The maximum atomic E-state index is 11.1. The summed E-state index contributed by atoms with van der Waals surface area (Å²) < 4.78 is 0. The number of hydrogen-bond acceptors (Lipinski definition) is 2. The number of hydrogen-bond donors (Lipinski definition) is 0. The lowest BCUT2D eigenvalue weighted by Crippen LogP contribution is -2.23. The molecule has 0 bridgehead atoms. The van der Waals surface area contributed by atoms with Crippen LogP contribution in [0, 0.1) is 5.92 Å². The lowest BCUT2D eigenvalue weighted by molar-refractivity contribution is -0.129. The van der Waals surface area contributed by atoms with Crippen LogP contribution in [0.25, 0.3) is 0 Å². The first-order valence-electron chi connectivity index (χ1n) is 3.82. The molecule has 0 saturated carbocycles. The van der Waals surface area contributed by atoms with E-state index in [1.165, 1.54) is 6.92 Å². The highest BCUT2D eigenvalue weighted by Crippen LogP contribution is 2.20. The first-order chi connectivity index (χ1) is 5.11. The number of carbonyl (C=O) groups excluding carboxylic acids is 2. The van der Waals surface area contributed by atoms with Gasteiger partial charge in [0.05, 0.1) is 5.92 Å². The van der Waals surface area contributed by atoms with Gasteiger partial charge in [-0.15, -0.1) is 0 Å². The van der Waals surface area contributed by atoms with Gasteiger partial charge in [-0.2, -0.15) is 0 Å². The summed E-state index contributed by atoms with van der Waals surface area (Å²) in [5, 5.41) is 0. The van der Waals surface area contributed by atoms with Crippen molar-refractivity contribution in [1.29, 1.82) is 0 Å². The predicted molar refractivity (Wildman–Crippen MR) is 42.2 cm³/mol. The van der Waals surface area contributed by atoms with E-state index in [-0.39, 0.29) is 17.5 Å². The van der Waals surface area contributed by atoms with Gasteiger partial charge in [-0.3, -0.25) is 9.59 Å². The van der Waals surface area contributed by atoms with E-state index in [4.69, 9.17) is 0 Å². The second-order valence-corrected chi connectivity index (χ2v) is 3.09. The van der Waals surface area contributed by atoms with Crippen LogP contribution in [0.2, 0.25) is 0 Å². The molecule has 2 heteroatoms. The Morgan fingerprint density at radius 2 is 2.27 bits per heavy atom. The summed E-state index contributed by atoms with van der Waals surface area (Å²) in [6.07, 6.45) is 3.18. The minimum Gasteiger partial charge on any atom is -0.299 e. The molecule has 0 fully saturated rings. The Labute approximate surface area is 66.3 Å². The summed E-state index contributed by atoms with van der Waals surface area (Å²) in [6.45, 7) is 3.41. The highest BCUT2D eigenvalue weighted by atomic mass is 16.1. The van der Waals surface area contributed by atoms with Gasteiger partial charge in [0, 0.05) is 0 Å². The Hall–Kier alpha value is -0.920. The maximum Gasteiger partial charge on any atom is 0.166 e. The third-order valence-corrected chi connectivity index (χ3v) is 2.05. The number of carbonyl (C=O) groups is 2. The van der Waals surface area contributed by atoms with E-state index >= 15 is 0 Å². The lowest BCUT2D eigenvalue weighted by Gasteiger charge is -2.15. The van der Waals surface area contributed by atoms with Gasteiger partial charge in [0.2, 0.25) is 0 Å². The number of Topliss-reactive ketones (excluding diaryl/α,β-unsaturated/α-hetero) is 1. The van der Waals surface area contributed by atoms with Gasteiger partial charge in [0.15, 0.2) is 5.78 Å². The average Bonchev–Trinajstić information content (AvgIpc) is 1.85. The Bertz CT molecular complexity index is 226. The van der Waals surface area contributed by atoms with Crippen LogP contribution in [0.5, 0.6) is 0 Å². The van der Waals surface area contributed by atoms with Crippen LogP contribution in [-0.2, 0) is 9.59 Å². The second-order valence-electron chi connectivity index (χ2n) is 3.09. The van der Waals surface area contributed by atoms with Crippen molar-refractivity contribution < 1.29 is 9.59 Å². The van der Waals surface area contributed by atoms with Crippen molar-refractivity contribution in [2.45, 2.75) is 26.7 Å². The maximum absolute atomic E-state index is 11.1. The molecule has 0 saturated heterocycles. The molecular formula is C9H12O2. The summed E-state index contributed by atoms with van der Waals surface area (Å²) in [5.41, 5.74) is 1.09. The van der Waals surface area contributed by atoms with E-state index in [1.807, 2.05) is 6.92 Å². The quantitative estimate of drug-likeness (QED) is 0.533. The molecule has 1 atom stereocenters. The third-order valence-electron chi connectivity index (χ3n) is 2.05. The van der Waals surface area contributed by atoms with Crippen LogP contribution in [-0.4, -0.2) is 11.6 Å². The van der Waals surface area contributed by atoms with Gasteiger partial charge in [-0.1, -0.05) is 5.57 Å². The summed E-state index contributed by atoms with van der Waals surface area (Å²) in [7, 11) is 0. The molecule has 0 radical (unpaired) electrons. The van der Waals surface area contributed by atoms with Crippen molar-refractivity contribution >= 4 is 11.6 Å². The standard InChI is InChI=1S/C9H12O2/c1-6-3-4-8(7(2)10)9(11)5-6/h5,8H,3-4H2,1-2H3/t8-/m0/s1. The summed E-state index contributed by atoms with van der Waals surface area (Å²) in [6, 6.07) is 0. The van der Waals surface area contributed by atoms with Gasteiger partial charge in [0.25, 0.3) is 0 Å². The van der Waals surface area contributed by atoms with Gasteiger partial charge >= 0.3 is 0 Å². The Morgan fingerprint density at radius 1 is 1.64 bits per heavy atom. The zero-order chi connectivity index (χ0) is 8.43. The molecule has 11 heavy (non-hydrogen) atoms. The number of rotatable bonds is 1. The molecular weight excluding hydrogens is 140 g/mol. The Kier molecular flexibility index (Phi) is 2.22. The molecule has 0 amide bonds. The molecule has 0 spiro atoms. The SMILES string of the molecule is CC(=O)[C@@H]1CCC(C)=CC1=O. The van der Waals surface area contributed by atoms with Crippen molar-refractivity contribution in [2.75, 3.05) is 0 Å². The number of allylic oxidation sites excluding steroid dienone is 2. The van der Waals surface area contributed by atoms with Gasteiger partial charge in [-0.25, -0.2) is 0 Å². The topological polar surface area (TPSA) is 34.1 Å². The molecule has 1 rings (SSSR count). The van der Waals surface area contributed by atoms with Crippen molar-refractivity contribution in [3.63, 3.8) is 0 Å². The van der Waals surface area contributed by atoms with Crippen LogP contribution < -0.4 is 0 Å². The molecule has 0 unspecified atom stereocenters. The third kappa shape index (κ3) is 1.76. The number of ketones is 2. The normalized spacial score (nSPS) is 24.7. The van der Waals surface area contributed by atoms with E-state index in [0.29, 0.717) is 6.42 Å². The zero-order valence-electron chi connectivity index (χ0n) is 6.89. The monoisotopic (exact) mass is 152 g/mol. The van der Waals surface area contributed by atoms with Crippen LogP contribution in [0.1, 0.15) is 26.7 Å². The molecule has 0 heterocycles. The fourth-order valence-electron chi connectivity index (χ4n) is 1.33. The summed E-state index contributed by atoms with van der Waals surface area (Å²) in [4.78, 5) is 22.0. The van der Waals surface area contributed by atoms with Crippen LogP contribution in [0.4, 0.5) is 0 Å². The van der Waals surface area contributed by atoms with Crippen LogP contribution in [0.3, 0.4) is 0 Å². The van der Waals surface area contributed by atoms with Crippen LogP contribution >= 0.6 is 0 Å². The first-order valence-corrected chi connectivity index (χ1v) is 3.82. The van der Waals surface area contributed by atoms with E-state index < -0.39 is 0 Å². The highest BCUT2D eigenvalue weighted by molar-refractivity contribution is 6.07. The molecule has 60 valence electrons. The molecule has 1 aliphatic carbocycles. The van der Waals surface area contributed by atoms with E-state index in [1.54, 1.807) is 6.08 Å². The molecule has 0 aromatic heterocycles. The Morgan fingerprint density at radius 3 is 2.73 bits per heavy atom. The van der Waals surface area contributed by atoms with Crippen molar-refractivity contribution in [1.82, 2.24) is 0 Å².